The summed E-state index contributed by atoms with van der Waals surface area (Å²) in [6, 6.07) is 4.93. The Hall–Kier alpha value is -4.37. The third-order valence-electron chi connectivity index (χ3n) is 9.20. The molecule has 2 aromatic carbocycles. The van der Waals surface area contributed by atoms with Gasteiger partial charge in [0.15, 0.2) is 11.6 Å². The highest BCUT2D eigenvalue weighted by Crippen LogP contribution is 2.41. The van der Waals surface area contributed by atoms with E-state index in [2.05, 4.69) is 20.3 Å². The minimum Gasteiger partial charge on any atom is -0.353 e. The van der Waals surface area contributed by atoms with E-state index in [-0.39, 0.29) is 52.9 Å². The average Bonchev–Trinajstić information content (AvgIpc) is 3.70. The van der Waals surface area contributed by atoms with Crippen molar-refractivity contribution in [1.82, 2.24) is 25.2 Å². The van der Waals surface area contributed by atoms with Gasteiger partial charge in [0.25, 0.3) is 5.95 Å². The number of carbonyl (C=O) groups is 1. The second-order valence-electron chi connectivity index (χ2n) is 12.5. The summed E-state index contributed by atoms with van der Waals surface area (Å²) in [4.78, 5) is 20.7. The number of anilines is 2. The Morgan fingerprint density at radius 2 is 1.54 bits per heavy atom. The first-order chi connectivity index (χ1) is 22.7. The number of benzene rings is 2. The van der Waals surface area contributed by atoms with Gasteiger partial charge in [-0.2, -0.15) is 31.1 Å². The van der Waals surface area contributed by atoms with E-state index in [9.17, 15) is 39.9 Å². The Kier molecular flexibility index (Phi) is 9.02. The van der Waals surface area contributed by atoms with Crippen LogP contribution in [0, 0.1) is 23.5 Å². The summed E-state index contributed by atoms with van der Waals surface area (Å²) < 4.78 is 111. The first kappa shape index (κ1) is 33.5. The normalized spacial score (nSPS) is 20.4. The number of aromatic nitrogens is 5. The molecule has 1 unspecified atom stereocenters. The van der Waals surface area contributed by atoms with E-state index in [4.69, 9.17) is 4.98 Å². The number of alkyl halides is 6. The minimum atomic E-state index is -5.05. The van der Waals surface area contributed by atoms with Gasteiger partial charge in [-0.1, -0.05) is 5.10 Å². The van der Waals surface area contributed by atoms with Crippen LogP contribution in [0.5, 0.6) is 0 Å². The highest BCUT2D eigenvalue weighted by molar-refractivity contribution is 5.82. The lowest BCUT2D eigenvalue weighted by atomic mass is 9.78. The number of aldehydes is 1. The second-order valence-corrected chi connectivity index (χ2v) is 12.5. The molecule has 48 heavy (non-hydrogen) atoms. The van der Waals surface area contributed by atoms with Gasteiger partial charge in [-0.25, -0.2) is 13.8 Å². The lowest BCUT2D eigenvalue weighted by Crippen LogP contribution is -2.39. The Morgan fingerprint density at radius 3 is 2.15 bits per heavy atom. The predicted molar refractivity (Wildman–Crippen MR) is 159 cm³/mol. The van der Waals surface area contributed by atoms with Crippen molar-refractivity contribution >= 4 is 29.0 Å². The van der Waals surface area contributed by atoms with Crippen LogP contribution in [-0.4, -0.2) is 44.1 Å². The van der Waals surface area contributed by atoms with Crippen LogP contribution in [0.1, 0.15) is 60.8 Å². The van der Waals surface area contributed by atoms with E-state index in [1.807, 2.05) is 0 Å². The van der Waals surface area contributed by atoms with Crippen molar-refractivity contribution in [3.8, 4) is 0 Å². The van der Waals surface area contributed by atoms with Crippen molar-refractivity contribution in [2.75, 3.05) is 16.3 Å². The Bertz CT molecular complexity index is 1770. The predicted octanol–water partition coefficient (Wildman–Crippen LogP) is 7.26. The van der Waals surface area contributed by atoms with Crippen molar-refractivity contribution in [2.24, 2.45) is 18.9 Å². The molecule has 16 heteroatoms. The van der Waals surface area contributed by atoms with E-state index in [1.54, 1.807) is 6.07 Å². The Balaban J connectivity index is 1.43. The standard InChI is InChI=1S/C32H31F8N7O/c1-45-43-30(42-44-45)46(15-19-9-23(31(35,36)37)13-24(10-19)32(38,39)40)16-22-11-21-12-25(33)26(34)14-27(21)41-29(22)47-8-2-3-28(47)20-6-4-18(17-48)5-7-20/h9-14,17-18,20,28H,2-8,15-16H2,1H3. The van der Waals surface area contributed by atoms with Crippen LogP contribution in [0.15, 0.2) is 36.4 Å². The van der Waals surface area contributed by atoms with Gasteiger partial charge >= 0.3 is 12.4 Å². The van der Waals surface area contributed by atoms with Crippen molar-refractivity contribution in [3.05, 3.63) is 70.3 Å². The molecule has 256 valence electrons. The molecule has 0 spiro atoms. The topological polar surface area (TPSA) is 80.0 Å². The number of tetrazole rings is 1. The molecular formula is C32H31F8N7O. The molecule has 6 rings (SSSR count). The maximum atomic E-state index is 14.4. The largest absolute Gasteiger partial charge is 0.416 e. The van der Waals surface area contributed by atoms with Gasteiger partial charge in [0.05, 0.1) is 23.7 Å². The molecule has 1 saturated carbocycles. The number of hydrogen-bond acceptors (Lipinski definition) is 7. The molecule has 1 saturated heterocycles. The zero-order valence-corrected chi connectivity index (χ0v) is 25.7. The molecule has 2 aromatic heterocycles. The number of halogens is 8. The number of carbonyl (C=O) groups excluding carboxylic acids is 1. The fourth-order valence-electron chi connectivity index (χ4n) is 6.91. The third kappa shape index (κ3) is 7.06. The molecule has 1 aliphatic carbocycles. The summed E-state index contributed by atoms with van der Waals surface area (Å²) in [6.45, 7) is -0.0613. The van der Waals surface area contributed by atoms with Crippen LogP contribution in [0.25, 0.3) is 10.9 Å². The monoisotopic (exact) mass is 681 g/mol. The fourth-order valence-corrected chi connectivity index (χ4v) is 6.91. The number of pyridine rings is 1. The maximum Gasteiger partial charge on any atom is 0.416 e. The molecule has 0 N–H and O–H groups in total. The lowest BCUT2D eigenvalue weighted by molar-refractivity contribution is -0.143. The smallest absolute Gasteiger partial charge is 0.353 e. The Labute approximate surface area is 269 Å². The summed E-state index contributed by atoms with van der Waals surface area (Å²) in [5.74, 6) is -1.60. The lowest BCUT2D eigenvalue weighted by Gasteiger charge is -2.37. The first-order valence-electron chi connectivity index (χ1n) is 15.5. The fraction of sp³-hybridized carbons (Fsp3) is 0.469. The molecule has 0 radical (unpaired) electrons. The van der Waals surface area contributed by atoms with E-state index >= 15 is 0 Å². The second kappa shape index (κ2) is 12.9. The van der Waals surface area contributed by atoms with E-state index < -0.39 is 41.7 Å². The number of fused-ring (bicyclic) bond motifs is 1. The van der Waals surface area contributed by atoms with Crippen molar-refractivity contribution in [3.63, 3.8) is 0 Å². The molecule has 0 amide bonds. The van der Waals surface area contributed by atoms with Gasteiger partial charge in [-0.05, 0) is 85.6 Å². The zero-order chi connectivity index (χ0) is 34.4. The summed E-state index contributed by atoms with van der Waals surface area (Å²) in [5.41, 5.74) is -2.60. The molecule has 8 nitrogen and oxygen atoms in total. The molecule has 2 aliphatic rings. The summed E-state index contributed by atoms with van der Waals surface area (Å²) >= 11 is 0. The molecule has 1 atom stereocenters. The van der Waals surface area contributed by atoms with Gasteiger partial charge in [0, 0.05) is 48.6 Å². The summed E-state index contributed by atoms with van der Waals surface area (Å²) in [7, 11) is 1.45. The summed E-state index contributed by atoms with van der Waals surface area (Å²) in [6.07, 6.45) is -4.32. The van der Waals surface area contributed by atoms with Crippen LogP contribution in [0.4, 0.5) is 46.9 Å². The van der Waals surface area contributed by atoms with Gasteiger partial charge in [-0.3, -0.25) is 0 Å². The Morgan fingerprint density at radius 1 is 0.875 bits per heavy atom. The average molecular weight is 682 g/mol. The molecule has 3 heterocycles. The van der Waals surface area contributed by atoms with Gasteiger partial charge in [0.2, 0.25) is 0 Å². The maximum absolute atomic E-state index is 14.4. The molecule has 0 bridgehead atoms. The number of rotatable bonds is 8. The highest BCUT2D eigenvalue weighted by atomic mass is 19.4. The molecule has 1 aliphatic heterocycles. The van der Waals surface area contributed by atoms with Gasteiger partial charge in [-0.15, -0.1) is 5.10 Å². The minimum absolute atomic E-state index is 0.00470. The number of aryl methyl sites for hydroxylation is 1. The quantitative estimate of drug-likeness (QED) is 0.143. The number of nitrogens with zero attached hydrogens (tertiary/aromatic N) is 7. The first-order valence-corrected chi connectivity index (χ1v) is 15.5. The molecular weight excluding hydrogens is 650 g/mol. The van der Waals surface area contributed by atoms with Crippen molar-refractivity contribution in [1.29, 1.82) is 0 Å². The van der Waals surface area contributed by atoms with Crippen LogP contribution in [0.2, 0.25) is 0 Å². The van der Waals surface area contributed by atoms with E-state index in [0.717, 1.165) is 61.7 Å². The SMILES string of the molecule is Cn1nnc(N(Cc2cc(C(F)(F)F)cc(C(F)(F)F)c2)Cc2cc3cc(F)c(F)cc3nc2N2CCCC2C2CCC(C=O)CC2)n1. The van der Waals surface area contributed by atoms with Crippen LogP contribution >= 0.6 is 0 Å². The van der Waals surface area contributed by atoms with Gasteiger partial charge in [0.1, 0.15) is 12.1 Å². The number of hydrogen-bond donors (Lipinski definition) is 0. The highest BCUT2D eigenvalue weighted by Gasteiger charge is 2.38. The van der Waals surface area contributed by atoms with Crippen molar-refractivity contribution in [2.45, 2.75) is 70.0 Å². The van der Waals surface area contributed by atoms with E-state index in [1.165, 1.54) is 11.9 Å². The summed E-state index contributed by atoms with van der Waals surface area (Å²) in [5, 5.41) is 12.2. The van der Waals surface area contributed by atoms with E-state index in [0.29, 0.717) is 30.1 Å². The van der Waals surface area contributed by atoms with Crippen molar-refractivity contribution < 1.29 is 39.9 Å². The van der Waals surface area contributed by atoms with Gasteiger partial charge < -0.3 is 14.6 Å². The van der Waals surface area contributed by atoms with Crippen LogP contribution < -0.4 is 9.80 Å². The zero-order valence-electron chi connectivity index (χ0n) is 25.7. The van der Waals surface area contributed by atoms with Crippen LogP contribution in [0.3, 0.4) is 0 Å². The third-order valence-corrected chi connectivity index (χ3v) is 9.20. The molecule has 2 fully saturated rings. The molecule has 4 aromatic rings. The van der Waals surface area contributed by atoms with Crippen LogP contribution in [-0.2, 0) is 37.3 Å².